The molecule has 2 aromatic carbocycles. The summed E-state index contributed by atoms with van der Waals surface area (Å²) in [7, 11) is 3.02. The number of benzene rings is 2. The number of carbonyl (C=O) groups excluding carboxylic acids is 1. The highest BCUT2D eigenvalue weighted by Crippen LogP contribution is 2.25. The molecule has 0 aliphatic heterocycles. The molecule has 0 spiro atoms. The van der Waals surface area contributed by atoms with E-state index in [4.69, 9.17) is 9.47 Å². The second kappa shape index (κ2) is 8.02. The van der Waals surface area contributed by atoms with Gasteiger partial charge in [-0.1, -0.05) is 30.3 Å². The molecular formula is C22H20N4O3. The highest BCUT2D eigenvalue weighted by atomic mass is 16.5. The van der Waals surface area contributed by atoms with Crippen LogP contribution in [0.5, 0.6) is 5.75 Å². The van der Waals surface area contributed by atoms with Crippen molar-refractivity contribution in [2.45, 2.75) is 6.54 Å². The van der Waals surface area contributed by atoms with E-state index >= 15 is 0 Å². The molecular weight excluding hydrogens is 368 g/mol. The van der Waals surface area contributed by atoms with Gasteiger partial charge in [-0.3, -0.25) is 0 Å². The average Bonchev–Trinajstić information content (AvgIpc) is 3.17. The first-order chi connectivity index (χ1) is 14.2. The summed E-state index contributed by atoms with van der Waals surface area (Å²) in [6, 6.07) is 17.2. The Bertz CT molecular complexity index is 1150. The molecule has 0 aliphatic rings. The first-order valence-corrected chi connectivity index (χ1v) is 9.08. The van der Waals surface area contributed by atoms with Crippen molar-refractivity contribution in [3.05, 3.63) is 78.1 Å². The standard InChI is InChI=1S/C22H20N4O3/c1-28-16-9-7-15(8-10-16)13-24-22-23-12-11-20(25-22)26-14-18(21(27)29-2)17-5-3-4-6-19(17)26/h3-12,14H,13H2,1-2H3,(H,23,24,25). The number of para-hydroxylation sites is 1. The van der Waals surface area contributed by atoms with Gasteiger partial charge in [-0.05, 0) is 29.8 Å². The first kappa shape index (κ1) is 18.5. The molecule has 4 aromatic rings. The van der Waals surface area contributed by atoms with Crippen LogP contribution in [0.25, 0.3) is 16.7 Å². The van der Waals surface area contributed by atoms with Crippen LogP contribution >= 0.6 is 0 Å². The van der Waals surface area contributed by atoms with E-state index in [0.29, 0.717) is 23.9 Å². The van der Waals surface area contributed by atoms with Crippen LogP contribution in [0.2, 0.25) is 0 Å². The summed E-state index contributed by atoms with van der Waals surface area (Å²) in [6.45, 7) is 0.577. The number of anilines is 1. The number of methoxy groups -OCH3 is 2. The quantitative estimate of drug-likeness (QED) is 0.506. The number of aromatic nitrogens is 3. The summed E-state index contributed by atoms with van der Waals surface area (Å²) in [5, 5.41) is 4.04. The molecule has 4 rings (SSSR count). The SMILES string of the molecule is COC(=O)c1cn(-c2ccnc(NCc3ccc(OC)cc3)n2)c2ccccc12. The van der Waals surface area contributed by atoms with Crippen molar-refractivity contribution in [2.24, 2.45) is 0 Å². The second-order valence-electron chi connectivity index (χ2n) is 6.36. The average molecular weight is 388 g/mol. The molecule has 0 fully saturated rings. The van der Waals surface area contributed by atoms with Gasteiger partial charge < -0.3 is 19.4 Å². The van der Waals surface area contributed by atoms with E-state index < -0.39 is 0 Å². The number of hydrogen-bond acceptors (Lipinski definition) is 6. The highest BCUT2D eigenvalue weighted by Gasteiger charge is 2.16. The molecule has 7 nitrogen and oxygen atoms in total. The van der Waals surface area contributed by atoms with Gasteiger partial charge in [0.1, 0.15) is 11.6 Å². The van der Waals surface area contributed by atoms with E-state index in [9.17, 15) is 4.79 Å². The fraction of sp³-hybridized carbons (Fsp3) is 0.136. The topological polar surface area (TPSA) is 78.3 Å². The van der Waals surface area contributed by atoms with Crippen molar-refractivity contribution in [3.63, 3.8) is 0 Å². The summed E-state index contributed by atoms with van der Waals surface area (Å²) < 4.78 is 12.0. The molecule has 2 heterocycles. The molecule has 0 aliphatic carbocycles. The maximum atomic E-state index is 12.2. The number of nitrogens with one attached hydrogen (secondary N) is 1. The lowest BCUT2D eigenvalue weighted by Gasteiger charge is -2.09. The van der Waals surface area contributed by atoms with Crippen molar-refractivity contribution < 1.29 is 14.3 Å². The minimum absolute atomic E-state index is 0.383. The van der Waals surface area contributed by atoms with Crippen LogP contribution in [0, 0.1) is 0 Å². The van der Waals surface area contributed by atoms with Gasteiger partial charge in [0.25, 0.3) is 0 Å². The van der Waals surface area contributed by atoms with Gasteiger partial charge in [0, 0.05) is 24.3 Å². The number of carbonyl (C=O) groups is 1. The third-order valence-corrected chi connectivity index (χ3v) is 4.61. The molecule has 0 radical (unpaired) electrons. The van der Waals surface area contributed by atoms with Gasteiger partial charge in [0.15, 0.2) is 0 Å². The van der Waals surface area contributed by atoms with Crippen LogP contribution in [-0.2, 0) is 11.3 Å². The van der Waals surface area contributed by atoms with Crippen molar-refractivity contribution in [1.29, 1.82) is 0 Å². The lowest BCUT2D eigenvalue weighted by molar-refractivity contribution is 0.0603. The lowest BCUT2D eigenvalue weighted by atomic mass is 10.2. The third kappa shape index (κ3) is 3.75. The molecule has 7 heteroatoms. The van der Waals surface area contributed by atoms with Crippen LogP contribution in [0.3, 0.4) is 0 Å². The van der Waals surface area contributed by atoms with Crippen molar-refractivity contribution in [3.8, 4) is 11.6 Å². The molecule has 0 amide bonds. The summed E-state index contributed by atoms with van der Waals surface area (Å²) >= 11 is 0. The number of nitrogens with zero attached hydrogens (tertiary/aromatic N) is 3. The van der Waals surface area contributed by atoms with Crippen molar-refractivity contribution in [2.75, 3.05) is 19.5 Å². The molecule has 0 saturated carbocycles. The van der Waals surface area contributed by atoms with Crippen molar-refractivity contribution >= 4 is 22.8 Å². The normalized spacial score (nSPS) is 10.7. The molecule has 1 N–H and O–H groups in total. The summed E-state index contributed by atoms with van der Waals surface area (Å²) in [4.78, 5) is 21.1. The Morgan fingerprint density at radius 3 is 2.62 bits per heavy atom. The highest BCUT2D eigenvalue weighted by molar-refractivity contribution is 6.04. The van der Waals surface area contributed by atoms with Crippen LogP contribution in [0.1, 0.15) is 15.9 Å². The van der Waals surface area contributed by atoms with Gasteiger partial charge in [-0.15, -0.1) is 0 Å². The van der Waals surface area contributed by atoms with Gasteiger partial charge in [-0.25, -0.2) is 9.78 Å². The summed E-state index contributed by atoms with van der Waals surface area (Å²) in [5.41, 5.74) is 2.45. The Hall–Kier alpha value is -3.87. The van der Waals surface area contributed by atoms with Crippen molar-refractivity contribution in [1.82, 2.24) is 14.5 Å². The monoisotopic (exact) mass is 388 g/mol. The minimum atomic E-state index is -0.383. The number of rotatable bonds is 6. The fourth-order valence-electron chi connectivity index (χ4n) is 3.13. The van der Waals surface area contributed by atoms with Gasteiger partial charge in [0.05, 0.1) is 25.3 Å². The van der Waals surface area contributed by atoms with Crippen LogP contribution in [0.4, 0.5) is 5.95 Å². The Morgan fingerprint density at radius 1 is 1.07 bits per heavy atom. The van der Waals surface area contributed by atoms with Gasteiger partial charge in [-0.2, -0.15) is 4.98 Å². The molecule has 0 bridgehead atoms. The molecule has 0 unspecified atom stereocenters. The summed E-state index contributed by atoms with van der Waals surface area (Å²) in [6.07, 6.45) is 3.43. The Kier molecular flexibility index (Phi) is 5.11. The van der Waals surface area contributed by atoms with E-state index in [-0.39, 0.29) is 5.97 Å². The zero-order valence-electron chi connectivity index (χ0n) is 16.1. The number of hydrogen-bond donors (Lipinski definition) is 1. The number of fused-ring (bicyclic) bond motifs is 1. The first-order valence-electron chi connectivity index (χ1n) is 9.08. The molecule has 0 atom stereocenters. The summed E-state index contributed by atoms with van der Waals surface area (Å²) in [5.74, 6) is 1.58. The third-order valence-electron chi connectivity index (χ3n) is 4.61. The van der Waals surface area contributed by atoms with Crippen LogP contribution in [-0.4, -0.2) is 34.7 Å². The Balaban J connectivity index is 1.62. The van der Waals surface area contributed by atoms with E-state index in [1.807, 2.05) is 53.1 Å². The molecule has 146 valence electrons. The largest absolute Gasteiger partial charge is 0.497 e. The maximum absolute atomic E-state index is 12.2. The van der Waals surface area contributed by atoms with Gasteiger partial charge >= 0.3 is 5.97 Å². The Labute approximate surface area is 167 Å². The fourth-order valence-corrected chi connectivity index (χ4v) is 3.13. The van der Waals surface area contributed by atoms with Crippen LogP contribution < -0.4 is 10.1 Å². The van der Waals surface area contributed by atoms with Crippen LogP contribution in [0.15, 0.2) is 67.0 Å². The second-order valence-corrected chi connectivity index (χ2v) is 6.36. The van der Waals surface area contributed by atoms with E-state index in [2.05, 4.69) is 15.3 Å². The zero-order valence-corrected chi connectivity index (χ0v) is 16.1. The smallest absolute Gasteiger partial charge is 0.340 e. The molecule has 29 heavy (non-hydrogen) atoms. The number of esters is 1. The lowest BCUT2D eigenvalue weighted by Crippen LogP contribution is -2.06. The number of ether oxygens (including phenoxy) is 2. The van der Waals surface area contributed by atoms with E-state index in [1.54, 1.807) is 25.6 Å². The van der Waals surface area contributed by atoms with Gasteiger partial charge in [0.2, 0.25) is 5.95 Å². The minimum Gasteiger partial charge on any atom is -0.497 e. The van der Waals surface area contributed by atoms with E-state index in [0.717, 1.165) is 22.2 Å². The predicted molar refractivity (Wildman–Crippen MR) is 111 cm³/mol. The zero-order chi connectivity index (χ0) is 20.2. The maximum Gasteiger partial charge on any atom is 0.340 e. The molecule has 0 saturated heterocycles. The van der Waals surface area contributed by atoms with E-state index in [1.165, 1.54) is 7.11 Å². The Morgan fingerprint density at radius 2 is 1.86 bits per heavy atom. The predicted octanol–water partition coefficient (Wildman–Crippen LogP) is 3.83. The molecule has 2 aromatic heterocycles.